The molecular weight excluding hydrogens is 338 g/mol. The van der Waals surface area contributed by atoms with Gasteiger partial charge >= 0.3 is 5.69 Å². The molecule has 2 heterocycles. The number of nitrogens with zero attached hydrogens (tertiary/aromatic N) is 2. The van der Waals surface area contributed by atoms with Gasteiger partial charge in [-0.15, -0.1) is 0 Å². The Balaban J connectivity index is 1.85. The molecule has 0 amide bonds. The number of rotatable bonds is 3. The molecule has 0 radical (unpaired) electrons. The summed E-state index contributed by atoms with van der Waals surface area (Å²) in [5.74, 6) is -0.0403. The topological polar surface area (TPSA) is 83.1 Å². The van der Waals surface area contributed by atoms with E-state index in [0.29, 0.717) is 18.1 Å². The molecule has 6 nitrogen and oxygen atoms in total. The maximum atomic E-state index is 12.7. The van der Waals surface area contributed by atoms with Crippen LogP contribution in [0.3, 0.4) is 0 Å². The first-order chi connectivity index (χ1) is 11.0. The van der Waals surface area contributed by atoms with Crippen LogP contribution in [0, 0.1) is 0 Å². The van der Waals surface area contributed by atoms with Gasteiger partial charge in [0.15, 0.2) is 0 Å². The zero-order chi connectivity index (χ0) is 16.4. The Bertz CT molecular complexity index is 849. The van der Waals surface area contributed by atoms with Crippen molar-refractivity contribution in [1.29, 1.82) is 0 Å². The van der Waals surface area contributed by atoms with Crippen LogP contribution >= 0.6 is 11.6 Å². The summed E-state index contributed by atoms with van der Waals surface area (Å²) in [5, 5.41) is 0.495. The van der Waals surface area contributed by atoms with Gasteiger partial charge in [0, 0.05) is 35.9 Å². The van der Waals surface area contributed by atoms with Gasteiger partial charge in [-0.05, 0) is 43.2 Å². The molecule has 0 spiro atoms. The van der Waals surface area contributed by atoms with Crippen LogP contribution in [0.5, 0.6) is 0 Å². The minimum atomic E-state index is -3.56. The molecule has 1 atom stereocenters. The van der Waals surface area contributed by atoms with Crippen LogP contribution in [-0.2, 0) is 10.0 Å². The Morgan fingerprint density at radius 2 is 1.96 bits per heavy atom. The van der Waals surface area contributed by atoms with Gasteiger partial charge in [-0.3, -0.25) is 0 Å². The average Bonchev–Trinajstić information content (AvgIpc) is 2.55. The molecule has 1 aromatic heterocycles. The lowest BCUT2D eigenvalue weighted by Crippen LogP contribution is -2.39. The highest BCUT2D eigenvalue weighted by Gasteiger charge is 2.31. The Labute approximate surface area is 139 Å². The fourth-order valence-corrected chi connectivity index (χ4v) is 4.44. The van der Waals surface area contributed by atoms with E-state index >= 15 is 0 Å². The summed E-state index contributed by atoms with van der Waals surface area (Å²) in [6.07, 6.45) is 3.01. The number of H-pyrrole nitrogens is 1. The lowest BCUT2D eigenvalue weighted by Gasteiger charge is -2.31. The van der Waals surface area contributed by atoms with Crippen molar-refractivity contribution in [2.75, 3.05) is 13.1 Å². The molecular formula is C15H16ClN3O3S. The number of halogens is 1. The van der Waals surface area contributed by atoms with Gasteiger partial charge in [-0.2, -0.15) is 4.31 Å². The molecule has 122 valence electrons. The quantitative estimate of drug-likeness (QED) is 0.914. The summed E-state index contributed by atoms with van der Waals surface area (Å²) in [7, 11) is -3.56. The van der Waals surface area contributed by atoms with Crippen LogP contribution in [0.4, 0.5) is 0 Å². The third-order valence-electron chi connectivity index (χ3n) is 3.97. The summed E-state index contributed by atoms with van der Waals surface area (Å²) in [6, 6.07) is 7.88. The first kappa shape index (κ1) is 16.2. The van der Waals surface area contributed by atoms with Crippen LogP contribution in [0.2, 0.25) is 5.02 Å². The van der Waals surface area contributed by atoms with E-state index in [9.17, 15) is 13.2 Å². The van der Waals surface area contributed by atoms with E-state index < -0.39 is 15.7 Å². The van der Waals surface area contributed by atoms with Crippen molar-refractivity contribution in [3.63, 3.8) is 0 Å². The van der Waals surface area contributed by atoms with Crippen LogP contribution < -0.4 is 5.69 Å². The van der Waals surface area contributed by atoms with Gasteiger partial charge in [-0.1, -0.05) is 11.6 Å². The van der Waals surface area contributed by atoms with E-state index in [1.807, 2.05) is 0 Å². The number of hydrogen-bond acceptors (Lipinski definition) is 4. The Hall–Kier alpha value is -1.70. The van der Waals surface area contributed by atoms with E-state index in [-0.39, 0.29) is 10.8 Å². The summed E-state index contributed by atoms with van der Waals surface area (Å²) < 4.78 is 26.9. The molecule has 8 heteroatoms. The molecule has 1 aliphatic rings. The van der Waals surface area contributed by atoms with Crippen molar-refractivity contribution in [1.82, 2.24) is 14.3 Å². The van der Waals surface area contributed by atoms with E-state index in [4.69, 9.17) is 11.6 Å². The SMILES string of the molecule is O=c1nccc(C2CCCN(S(=O)(=O)c3ccc(Cl)cc3)C2)[nH]1. The Morgan fingerprint density at radius 1 is 1.22 bits per heavy atom. The summed E-state index contributed by atoms with van der Waals surface area (Å²) >= 11 is 5.82. The van der Waals surface area contributed by atoms with E-state index in [1.165, 1.54) is 22.6 Å². The van der Waals surface area contributed by atoms with E-state index in [1.54, 1.807) is 18.2 Å². The smallest absolute Gasteiger partial charge is 0.309 e. The zero-order valence-corrected chi connectivity index (χ0v) is 13.8. The molecule has 3 rings (SSSR count). The molecule has 1 unspecified atom stereocenters. The van der Waals surface area contributed by atoms with Gasteiger partial charge in [0.1, 0.15) is 0 Å². The Kier molecular flexibility index (Phi) is 4.52. The maximum absolute atomic E-state index is 12.7. The number of sulfonamides is 1. The van der Waals surface area contributed by atoms with Gasteiger partial charge in [0.05, 0.1) is 4.90 Å². The van der Waals surface area contributed by atoms with Gasteiger partial charge in [0.2, 0.25) is 10.0 Å². The fraction of sp³-hybridized carbons (Fsp3) is 0.333. The van der Waals surface area contributed by atoms with Crippen molar-refractivity contribution in [3.8, 4) is 0 Å². The summed E-state index contributed by atoms with van der Waals surface area (Å²) in [6.45, 7) is 0.807. The lowest BCUT2D eigenvalue weighted by molar-refractivity contribution is 0.312. The van der Waals surface area contributed by atoms with E-state index in [0.717, 1.165) is 18.5 Å². The highest BCUT2D eigenvalue weighted by molar-refractivity contribution is 7.89. The molecule has 1 aromatic carbocycles. The molecule has 0 aliphatic carbocycles. The Morgan fingerprint density at radius 3 is 2.65 bits per heavy atom. The monoisotopic (exact) mass is 353 g/mol. The molecule has 1 N–H and O–H groups in total. The molecule has 0 saturated carbocycles. The number of aromatic amines is 1. The van der Waals surface area contributed by atoms with Gasteiger partial charge < -0.3 is 4.98 Å². The van der Waals surface area contributed by atoms with Crippen molar-refractivity contribution >= 4 is 21.6 Å². The molecule has 2 aromatic rings. The number of aromatic nitrogens is 2. The molecule has 1 aliphatic heterocycles. The minimum absolute atomic E-state index is 0.0403. The third kappa shape index (κ3) is 3.46. The average molecular weight is 354 g/mol. The van der Waals surface area contributed by atoms with Crippen molar-refractivity contribution in [2.45, 2.75) is 23.7 Å². The lowest BCUT2D eigenvalue weighted by atomic mass is 9.96. The van der Waals surface area contributed by atoms with Gasteiger partial charge in [-0.25, -0.2) is 18.2 Å². The summed E-state index contributed by atoms with van der Waals surface area (Å²) in [5.41, 5.74) is 0.307. The largest absolute Gasteiger partial charge is 0.345 e. The molecule has 0 bridgehead atoms. The van der Waals surface area contributed by atoms with Crippen molar-refractivity contribution < 1.29 is 8.42 Å². The highest BCUT2D eigenvalue weighted by atomic mass is 35.5. The predicted molar refractivity (Wildman–Crippen MR) is 87.0 cm³/mol. The number of benzene rings is 1. The molecule has 1 fully saturated rings. The van der Waals surface area contributed by atoms with Crippen LogP contribution in [0.25, 0.3) is 0 Å². The second-order valence-electron chi connectivity index (χ2n) is 5.49. The third-order valence-corrected chi connectivity index (χ3v) is 6.10. The molecule has 1 saturated heterocycles. The second-order valence-corrected chi connectivity index (χ2v) is 7.86. The van der Waals surface area contributed by atoms with Crippen LogP contribution in [0.15, 0.2) is 46.2 Å². The fourth-order valence-electron chi connectivity index (χ4n) is 2.79. The van der Waals surface area contributed by atoms with Crippen LogP contribution in [-0.4, -0.2) is 35.8 Å². The molecule has 23 heavy (non-hydrogen) atoms. The zero-order valence-electron chi connectivity index (χ0n) is 12.3. The van der Waals surface area contributed by atoms with Crippen LogP contribution in [0.1, 0.15) is 24.5 Å². The normalized spacial score (nSPS) is 19.6. The first-order valence-electron chi connectivity index (χ1n) is 7.28. The van der Waals surface area contributed by atoms with E-state index in [2.05, 4.69) is 9.97 Å². The predicted octanol–water partition coefficient (Wildman–Crippen LogP) is 1.99. The maximum Gasteiger partial charge on any atom is 0.345 e. The number of nitrogens with one attached hydrogen (secondary N) is 1. The first-order valence-corrected chi connectivity index (χ1v) is 9.09. The number of hydrogen-bond donors (Lipinski definition) is 1. The summed E-state index contributed by atoms with van der Waals surface area (Å²) in [4.78, 5) is 17.9. The standard InChI is InChI=1S/C15H16ClN3O3S/c16-12-3-5-13(6-4-12)23(21,22)19-9-1-2-11(10-19)14-7-8-17-15(20)18-14/h3-8,11H,1-2,9-10H2,(H,17,18,20). The van der Waals surface area contributed by atoms with Crippen molar-refractivity contribution in [2.24, 2.45) is 0 Å². The van der Waals surface area contributed by atoms with Gasteiger partial charge in [0.25, 0.3) is 0 Å². The van der Waals surface area contributed by atoms with Crippen molar-refractivity contribution in [3.05, 3.63) is 57.7 Å². The minimum Gasteiger partial charge on any atom is -0.309 e. The number of piperidine rings is 1. The highest BCUT2D eigenvalue weighted by Crippen LogP contribution is 2.29. The second kappa shape index (κ2) is 6.43.